The monoisotopic (exact) mass is 445 g/mol. The minimum Gasteiger partial charge on any atom is -0.490 e. The van der Waals surface area contributed by atoms with Gasteiger partial charge in [0.2, 0.25) is 0 Å². The van der Waals surface area contributed by atoms with Crippen LogP contribution in [0.5, 0.6) is 5.75 Å². The highest BCUT2D eigenvalue weighted by Gasteiger charge is 2.39. The number of hydrogen-bond acceptors (Lipinski definition) is 5. The molecule has 6 heteroatoms. The van der Waals surface area contributed by atoms with Crippen molar-refractivity contribution in [1.29, 1.82) is 0 Å². The molecule has 2 unspecified atom stereocenters. The van der Waals surface area contributed by atoms with Gasteiger partial charge >= 0.3 is 0 Å². The first-order chi connectivity index (χ1) is 15.5. The third-order valence-corrected chi connectivity index (χ3v) is 8.72. The topological polar surface area (TPSA) is 47.4 Å². The minimum absolute atomic E-state index is 0.0801. The Morgan fingerprint density at radius 2 is 1.91 bits per heavy atom. The maximum atomic E-state index is 13.4. The van der Waals surface area contributed by atoms with Crippen LogP contribution in [0.2, 0.25) is 0 Å². The van der Waals surface area contributed by atoms with Crippen molar-refractivity contribution in [3.63, 3.8) is 0 Å². The molecule has 0 amide bonds. The number of terminal acetylenes is 1. The molecule has 6 rings (SSSR count). The molecule has 0 radical (unpaired) electrons. The SMILES string of the molecule is C#Cc1nc2cc(C3CC3)sc2c(=O)n1-c1ccc(OC2CC3CCC(C2)N3C)cc1C. The number of aromatic nitrogens is 2. The molecule has 2 atom stereocenters. The maximum Gasteiger partial charge on any atom is 0.276 e. The lowest BCUT2D eigenvalue weighted by Gasteiger charge is -2.36. The summed E-state index contributed by atoms with van der Waals surface area (Å²) in [6.45, 7) is 2.00. The van der Waals surface area contributed by atoms with E-state index in [0.29, 0.717) is 28.5 Å². The second kappa shape index (κ2) is 7.47. The molecular formula is C26H27N3O2S. The molecule has 2 aliphatic heterocycles. The average Bonchev–Trinajstić information content (AvgIpc) is 3.50. The molecule has 4 heterocycles. The number of aryl methyl sites for hydroxylation is 1. The Morgan fingerprint density at radius 3 is 2.56 bits per heavy atom. The number of benzene rings is 1. The van der Waals surface area contributed by atoms with Gasteiger partial charge in [-0.1, -0.05) is 0 Å². The smallest absolute Gasteiger partial charge is 0.276 e. The summed E-state index contributed by atoms with van der Waals surface area (Å²) < 4.78 is 8.66. The molecule has 1 aliphatic carbocycles. The molecule has 1 aromatic carbocycles. The lowest BCUT2D eigenvalue weighted by molar-refractivity contribution is 0.0661. The first kappa shape index (κ1) is 20.0. The van der Waals surface area contributed by atoms with Crippen LogP contribution in [-0.2, 0) is 0 Å². The first-order valence-corrected chi connectivity index (χ1v) is 12.4. The molecule has 5 nitrogen and oxygen atoms in total. The number of nitrogens with zero attached hydrogens (tertiary/aromatic N) is 3. The van der Waals surface area contributed by atoms with Crippen molar-refractivity contribution in [2.45, 2.75) is 69.6 Å². The molecule has 3 fully saturated rings. The summed E-state index contributed by atoms with van der Waals surface area (Å²) in [5.74, 6) is 4.43. The predicted molar refractivity (Wildman–Crippen MR) is 128 cm³/mol. The Morgan fingerprint density at radius 1 is 1.16 bits per heavy atom. The summed E-state index contributed by atoms with van der Waals surface area (Å²) in [5, 5.41) is 0. The fraction of sp³-hybridized carbons (Fsp3) is 0.462. The van der Waals surface area contributed by atoms with Gasteiger partial charge in [0.15, 0.2) is 5.82 Å². The van der Waals surface area contributed by atoms with E-state index < -0.39 is 0 Å². The molecule has 164 valence electrons. The summed E-state index contributed by atoms with van der Waals surface area (Å²) in [5.41, 5.74) is 2.37. The Hall–Kier alpha value is -2.62. The van der Waals surface area contributed by atoms with Crippen LogP contribution in [0, 0.1) is 19.3 Å². The van der Waals surface area contributed by atoms with Crippen molar-refractivity contribution in [2.75, 3.05) is 7.05 Å². The van der Waals surface area contributed by atoms with E-state index in [2.05, 4.69) is 22.9 Å². The summed E-state index contributed by atoms with van der Waals surface area (Å²) in [6.07, 6.45) is 13.1. The van der Waals surface area contributed by atoms with Crippen LogP contribution >= 0.6 is 11.3 Å². The van der Waals surface area contributed by atoms with Crippen molar-refractivity contribution < 1.29 is 4.74 Å². The average molecular weight is 446 g/mol. The van der Waals surface area contributed by atoms with Crippen molar-refractivity contribution in [1.82, 2.24) is 14.5 Å². The summed E-state index contributed by atoms with van der Waals surface area (Å²) in [4.78, 5) is 21.8. The highest BCUT2D eigenvalue weighted by Crippen LogP contribution is 2.44. The number of fused-ring (bicyclic) bond motifs is 3. The molecule has 2 aromatic heterocycles. The minimum atomic E-state index is -0.0801. The van der Waals surface area contributed by atoms with Gasteiger partial charge in [0, 0.05) is 17.0 Å². The third-order valence-electron chi connectivity index (χ3n) is 7.44. The van der Waals surface area contributed by atoms with Gasteiger partial charge in [-0.15, -0.1) is 17.8 Å². The molecule has 2 saturated heterocycles. The zero-order valence-corrected chi connectivity index (χ0v) is 19.3. The summed E-state index contributed by atoms with van der Waals surface area (Å²) >= 11 is 1.57. The third kappa shape index (κ3) is 3.27. The van der Waals surface area contributed by atoms with Crippen LogP contribution in [0.15, 0.2) is 29.1 Å². The Kier molecular flexibility index (Phi) is 4.67. The molecule has 0 N–H and O–H groups in total. The van der Waals surface area contributed by atoms with Gasteiger partial charge in [-0.2, -0.15) is 0 Å². The van der Waals surface area contributed by atoms with E-state index in [0.717, 1.165) is 35.4 Å². The second-order valence-electron chi connectivity index (χ2n) is 9.57. The largest absolute Gasteiger partial charge is 0.490 e. The lowest BCUT2D eigenvalue weighted by atomic mass is 10.0. The zero-order chi connectivity index (χ0) is 22.0. The van der Waals surface area contributed by atoms with Gasteiger partial charge < -0.3 is 9.64 Å². The van der Waals surface area contributed by atoms with E-state index in [1.807, 2.05) is 31.2 Å². The number of ether oxygens (including phenoxy) is 1. The van der Waals surface area contributed by atoms with Crippen LogP contribution in [-0.4, -0.2) is 39.7 Å². The van der Waals surface area contributed by atoms with Crippen molar-refractivity contribution >= 4 is 21.6 Å². The van der Waals surface area contributed by atoms with Crippen LogP contribution in [0.4, 0.5) is 0 Å². The van der Waals surface area contributed by atoms with E-state index in [1.54, 1.807) is 15.9 Å². The highest BCUT2D eigenvalue weighted by atomic mass is 32.1. The molecule has 0 spiro atoms. The van der Waals surface area contributed by atoms with Crippen molar-refractivity contribution in [2.24, 2.45) is 0 Å². The normalized spacial score (nSPS) is 25.2. The van der Waals surface area contributed by atoms with Crippen LogP contribution in [0.1, 0.15) is 60.7 Å². The van der Waals surface area contributed by atoms with E-state index in [9.17, 15) is 4.79 Å². The highest BCUT2D eigenvalue weighted by molar-refractivity contribution is 7.19. The summed E-state index contributed by atoms with van der Waals surface area (Å²) in [6, 6.07) is 9.25. The van der Waals surface area contributed by atoms with Crippen LogP contribution < -0.4 is 10.3 Å². The van der Waals surface area contributed by atoms with Gasteiger partial charge in [0.25, 0.3) is 5.56 Å². The standard InChI is InChI=1S/C26H27N3O2S/c1-4-24-27-21-14-23(16-5-6-16)32-25(21)26(30)29(24)22-10-9-19(11-15(22)2)31-20-12-17-7-8-18(13-20)28(17)3/h1,9-11,14,16-18,20H,5-8,12-13H2,2-3H3. The van der Waals surface area contributed by atoms with E-state index >= 15 is 0 Å². The number of rotatable bonds is 4. The molecule has 3 aromatic rings. The fourth-order valence-corrected chi connectivity index (χ4v) is 6.69. The van der Waals surface area contributed by atoms with E-state index in [-0.39, 0.29) is 11.7 Å². The molecule has 32 heavy (non-hydrogen) atoms. The lowest BCUT2D eigenvalue weighted by Crippen LogP contribution is -2.43. The molecular weight excluding hydrogens is 418 g/mol. The van der Waals surface area contributed by atoms with Crippen molar-refractivity contribution in [3.8, 4) is 23.8 Å². The van der Waals surface area contributed by atoms with Gasteiger partial charge in [0.05, 0.1) is 11.2 Å². The number of hydrogen-bond donors (Lipinski definition) is 0. The van der Waals surface area contributed by atoms with Crippen LogP contribution in [0.3, 0.4) is 0 Å². The molecule has 1 saturated carbocycles. The zero-order valence-electron chi connectivity index (χ0n) is 18.5. The van der Waals surface area contributed by atoms with Gasteiger partial charge in [0.1, 0.15) is 16.6 Å². The van der Waals surface area contributed by atoms with E-state index in [4.69, 9.17) is 11.2 Å². The number of piperidine rings is 1. The fourth-order valence-electron chi connectivity index (χ4n) is 5.49. The molecule has 2 bridgehead atoms. The maximum absolute atomic E-state index is 13.4. The first-order valence-electron chi connectivity index (χ1n) is 11.5. The molecule has 3 aliphatic rings. The second-order valence-corrected chi connectivity index (χ2v) is 10.7. The van der Waals surface area contributed by atoms with Gasteiger partial charge in [-0.05, 0) is 94.2 Å². The number of thiophene rings is 1. The Labute approximate surface area is 192 Å². The van der Waals surface area contributed by atoms with Gasteiger partial charge in [-0.25, -0.2) is 4.98 Å². The Bertz CT molecular complexity index is 1300. The van der Waals surface area contributed by atoms with Gasteiger partial charge in [-0.3, -0.25) is 9.36 Å². The predicted octanol–water partition coefficient (Wildman–Crippen LogP) is 4.62. The van der Waals surface area contributed by atoms with Crippen molar-refractivity contribution in [3.05, 3.63) is 50.9 Å². The van der Waals surface area contributed by atoms with Crippen LogP contribution in [0.25, 0.3) is 15.9 Å². The Balaban J connectivity index is 1.33. The van der Waals surface area contributed by atoms with E-state index in [1.165, 1.54) is 30.6 Å². The summed E-state index contributed by atoms with van der Waals surface area (Å²) in [7, 11) is 2.24. The quantitative estimate of drug-likeness (QED) is 0.550.